The number of unbranched alkanes of at least 4 members (excludes halogenated alkanes) is 4. The van der Waals surface area contributed by atoms with E-state index in [2.05, 4.69) is 76.2 Å². The van der Waals surface area contributed by atoms with Crippen LogP contribution in [0.5, 0.6) is 0 Å². The van der Waals surface area contributed by atoms with Crippen molar-refractivity contribution < 1.29 is 4.74 Å². The summed E-state index contributed by atoms with van der Waals surface area (Å²) in [5.74, 6) is 4.36. The minimum Gasteiger partial charge on any atom is -0.365 e. The van der Waals surface area contributed by atoms with E-state index in [-0.39, 0.29) is 12.2 Å². The summed E-state index contributed by atoms with van der Waals surface area (Å²) in [6.45, 7) is 9.04. The minimum atomic E-state index is 0.0555. The van der Waals surface area contributed by atoms with Gasteiger partial charge in [0.1, 0.15) is 0 Å². The highest BCUT2D eigenvalue weighted by Crippen LogP contribution is 2.47. The number of hydrogen-bond acceptors (Lipinski definition) is 5. The van der Waals surface area contributed by atoms with Gasteiger partial charge in [-0.05, 0) is 84.5 Å². The molecule has 0 radical (unpaired) electrons. The second-order valence-corrected chi connectivity index (χ2v) is 17.1. The molecule has 0 bridgehead atoms. The van der Waals surface area contributed by atoms with Crippen molar-refractivity contribution in [3.05, 3.63) is 95.6 Å². The van der Waals surface area contributed by atoms with Crippen LogP contribution in [0.2, 0.25) is 0 Å². The number of ether oxygens (including phenoxy) is 1. The van der Waals surface area contributed by atoms with E-state index in [9.17, 15) is 0 Å². The summed E-state index contributed by atoms with van der Waals surface area (Å²) in [5, 5.41) is 0. The van der Waals surface area contributed by atoms with Crippen LogP contribution in [0.1, 0.15) is 178 Å². The fraction of sp³-hybridized carbons (Fsp3) is 0.600. The fourth-order valence-electron chi connectivity index (χ4n) is 9.49. The van der Waals surface area contributed by atoms with E-state index in [1.165, 1.54) is 125 Å². The Morgan fingerprint density at radius 2 is 0.836 bits per heavy atom. The normalized spacial score (nSPS) is 21.3. The Bertz CT molecular complexity index is 1510. The van der Waals surface area contributed by atoms with E-state index >= 15 is 0 Å². The molecule has 296 valence electrons. The van der Waals surface area contributed by atoms with Gasteiger partial charge in [-0.15, -0.1) is 0 Å². The highest BCUT2D eigenvalue weighted by atomic mass is 16.5. The SMILES string of the molecule is CCCCC[C@H]1CC[C@H](C(OC(c2ccc(-c3ncc(CCC)cn3)cc2)[C@H]2CC[C@H](CCCCC)CC2)c2ccc(-c3ncc(CCC)cn3)cc2)CC1. The predicted molar refractivity (Wildman–Crippen MR) is 229 cm³/mol. The second-order valence-electron chi connectivity index (χ2n) is 17.1. The van der Waals surface area contributed by atoms with Gasteiger partial charge < -0.3 is 4.74 Å². The first-order chi connectivity index (χ1) is 27.1. The molecule has 2 aromatic heterocycles. The average molecular weight is 743 g/mol. The number of aromatic nitrogens is 4. The van der Waals surface area contributed by atoms with Crippen molar-refractivity contribution >= 4 is 0 Å². The Morgan fingerprint density at radius 1 is 0.473 bits per heavy atom. The maximum Gasteiger partial charge on any atom is 0.159 e. The summed E-state index contributed by atoms with van der Waals surface area (Å²) in [6, 6.07) is 18.2. The molecule has 2 aliphatic carbocycles. The summed E-state index contributed by atoms with van der Waals surface area (Å²) < 4.78 is 7.68. The Kier molecular flexibility index (Phi) is 16.3. The van der Waals surface area contributed by atoms with Gasteiger partial charge in [0.2, 0.25) is 0 Å². The lowest BCUT2D eigenvalue weighted by molar-refractivity contribution is -0.0907. The van der Waals surface area contributed by atoms with Gasteiger partial charge in [-0.3, -0.25) is 0 Å². The summed E-state index contributed by atoms with van der Waals surface area (Å²) in [5.41, 5.74) is 7.15. The molecule has 5 nitrogen and oxygen atoms in total. The Hall–Kier alpha value is -3.44. The van der Waals surface area contributed by atoms with Gasteiger partial charge >= 0.3 is 0 Å². The first kappa shape index (κ1) is 41.2. The fourth-order valence-corrected chi connectivity index (χ4v) is 9.49. The quantitative estimate of drug-likeness (QED) is 0.0844. The molecule has 0 amide bonds. The molecule has 2 saturated carbocycles. The summed E-state index contributed by atoms with van der Waals surface area (Å²) in [6.07, 6.45) is 33.4. The van der Waals surface area contributed by atoms with Crippen LogP contribution in [0.15, 0.2) is 73.3 Å². The zero-order chi connectivity index (χ0) is 38.2. The van der Waals surface area contributed by atoms with Gasteiger partial charge in [-0.25, -0.2) is 19.9 Å². The van der Waals surface area contributed by atoms with Crippen molar-refractivity contribution in [2.45, 2.75) is 168 Å². The van der Waals surface area contributed by atoms with Crippen LogP contribution in [-0.2, 0) is 17.6 Å². The number of nitrogens with zero attached hydrogens (tertiary/aromatic N) is 4. The molecule has 2 atom stereocenters. The van der Waals surface area contributed by atoms with Crippen molar-refractivity contribution in [1.29, 1.82) is 0 Å². The molecule has 5 heteroatoms. The van der Waals surface area contributed by atoms with Crippen LogP contribution in [0.25, 0.3) is 22.8 Å². The summed E-state index contributed by atoms with van der Waals surface area (Å²) >= 11 is 0. The standard InChI is InChI=1S/C50H70N4O/c1-5-9-11-15-37-17-21-41(22-18-37)47(43-25-29-45(30-26-43)49-51-33-39(13-7-3)34-52-49)55-48(42-23-19-38(20-24-42)16-12-10-6-2)44-27-31-46(32-28-44)50-53-35-40(14-8-4)36-54-50/h25-38,41-42,47-48H,5-24H2,1-4H3/t37-,38-,41-,42-,47?,48?. The molecule has 0 N–H and O–H groups in total. The molecule has 4 aromatic rings. The van der Waals surface area contributed by atoms with Gasteiger partial charge in [-0.2, -0.15) is 0 Å². The molecule has 2 heterocycles. The van der Waals surface area contributed by atoms with Crippen molar-refractivity contribution in [2.75, 3.05) is 0 Å². The summed E-state index contributed by atoms with van der Waals surface area (Å²) in [4.78, 5) is 19.0. The molecule has 55 heavy (non-hydrogen) atoms. The van der Waals surface area contributed by atoms with Gasteiger partial charge in [0, 0.05) is 35.9 Å². The number of benzene rings is 2. The molecule has 0 saturated heterocycles. The zero-order valence-electron chi connectivity index (χ0n) is 34.7. The van der Waals surface area contributed by atoms with Crippen LogP contribution >= 0.6 is 0 Å². The Morgan fingerprint density at radius 3 is 1.16 bits per heavy atom. The maximum absolute atomic E-state index is 7.68. The highest BCUT2D eigenvalue weighted by molar-refractivity contribution is 5.56. The Labute approximate surface area is 334 Å². The maximum atomic E-state index is 7.68. The van der Waals surface area contributed by atoms with Gasteiger partial charge in [0.25, 0.3) is 0 Å². The third kappa shape index (κ3) is 11.8. The van der Waals surface area contributed by atoms with Crippen LogP contribution < -0.4 is 0 Å². The average Bonchev–Trinajstić information content (AvgIpc) is 3.23. The van der Waals surface area contributed by atoms with Gasteiger partial charge in [-0.1, -0.05) is 166 Å². The summed E-state index contributed by atoms with van der Waals surface area (Å²) in [7, 11) is 0. The van der Waals surface area contributed by atoms with Crippen molar-refractivity contribution in [1.82, 2.24) is 19.9 Å². The highest BCUT2D eigenvalue weighted by Gasteiger charge is 2.36. The van der Waals surface area contributed by atoms with Crippen LogP contribution in [0.3, 0.4) is 0 Å². The predicted octanol–water partition coefficient (Wildman–Crippen LogP) is 14.1. The molecule has 2 aliphatic rings. The molecule has 6 rings (SSSR count). The first-order valence-electron chi connectivity index (χ1n) is 22.6. The Balaban J connectivity index is 1.27. The van der Waals surface area contributed by atoms with Crippen LogP contribution in [0, 0.1) is 23.7 Å². The third-order valence-corrected chi connectivity index (χ3v) is 12.8. The lowest BCUT2D eigenvalue weighted by Gasteiger charge is -2.40. The molecule has 2 aromatic carbocycles. The third-order valence-electron chi connectivity index (χ3n) is 12.8. The van der Waals surface area contributed by atoms with Gasteiger partial charge in [0.05, 0.1) is 12.2 Å². The topological polar surface area (TPSA) is 60.8 Å². The van der Waals surface area contributed by atoms with E-state index in [0.717, 1.165) is 60.3 Å². The molecular formula is C50H70N4O. The number of rotatable bonds is 20. The molecule has 2 unspecified atom stereocenters. The number of hydrogen-bond donors (Lipinski definition) is 0. The monoisotopic (exact) mass is 743 g/mol. The zero-order valence-corrected chi connectivity index (χ0v) is 34.7. The largest absolute Gasteiger partial charge is 0.365 e. The number of aryl methyl sites for hydroxylation is 2. The smallest absolute Gasteiger partial charge is 0.159 e. The lowest BCUT2D eigenvalue weighted by Crippen LogP contribution is -2.28. The van der Waals surface area contributed by atoms with E-state index in [1.54, 1.807) is 0 Å². The molecular weight excluding hydrogens is 673 g/mol. The minimum absolute atomic E-state index is 0.0555. The van der Waals surface area contributed by atoms with E-state index < -0.39 is 0 Å². The second kappa shape index (κ2) is 21.8. The van der Waals surface area contributed by atoms with E-state index in [1.807, 2.05) is 24.8 Å². The first-order valence-corrected chi connectivity index (χ1v) is 22.6. The molecule has 2 fully saturated rings. The van der Waals surface area contributed by atoms with Crippen LogP contribution in [0.4, 0.5) is 0 Å². The molecule has 0 spiro atoms. The lowest BCUT2D eigenvalue weighted by atomic mass is 9.74. The molecule has 0 aliphatic heterocycles. The van der Waals surface area contributed by atoms with Gasteiger partial charge in [0.15, 0.2) is 11.6 Å². The van der Waals surface area contributed by atoms with Crippen molar-refractivity contribution in [3.8, 4) is 22.8 Å². The van der Waals surface area contributed by atoms with Crippen molar-refractivity contribution in [3.63, 3.8) is 0 Å². The van der Waals surface area contributed by atoms with E-state index in [0.29, 0.717) is 11.8 Å². The van der Waals surface area contributed by atoms with E-state index in [4.69, 9.17) is 24.7 Å². The van der Waals surface area contributed by atoms with Crippen LogP contribution in [-0.4, -0.2) is 19.9 Å². The van der Waals surface area contributed by atoms with Crippen molar-refractivity contribution in [2.24, 2.45) is 23.7 Å².